The molecule has 2 saturated carbocycles. The van der Waals surface area contributed by atoms with Crippen LogP contribution in [0.15, 0.2) is 58.3 Å². The standard InChI is InChI=1S/C28H32O14S2/c29-24(18-7-5-9-20(15-18)43(34,35)36)41-22-11-1-3-13-27(22,32)17-40-26(31)28(33)14-4-2-12-23(28)42-25(30)19-8-6-10-21(16-19)44(37,38)39/h5-10,15-16,22-23,32-33H,1-4,11-14,17H2,(H,34,35,36)(H,37,38,39). The summed E-state index contributed by atoms with van der Waals surface area (Å²) in [6.45, 7) is -0.686. The Hall–Kier alpha value is -3.41. The number of ether oxygens (including phenoxy) is 3. The molecule has 4 unspecified atom stereocenters. The summed E-state index contributed by atoms with van der Waals surface area (Å²) in [4.78, 5) is 37.8. The van der Waals surface area contributed by atoms with Crippen molar-refractivity contribution in [2.75, 3.05) is 6.61 Å². The van der Waals surface area contributed by atoms with Crippen LogP contribution in [0.4, 0.5) is 0 Å². The molecular weight excluding hydrogens is 624 g/mol. The van der Waals surface area contributed by atoms with Crippen LogP contribution in [0.3, 0.4) is 0 Å². The highest BCUT2D eigenvalue weighted by atomic mass is 32.2. The van der Waals surface area contributed by atoms with Crippen molar-refractivity contribution in [2.45, 2.75) is 84.6 Å². The zero-order valence-corrected chi connectivity index (χ0v) is 25.0. The van der Waals surface area contributed by atoms with Crippen molar-refractivity contribution in [2.24, 2.45) is 0 Å². The van der Waals surface area contributed by atoms with Crippen LogP contribution in [0.25, 0.3) is 0 Å². The van der Waals surface area contributed by atoms with E-state index in [1.165, 1.54) is 24.3 Å². The molecule has 0 saturated heterocycles. The van der Waals surface area contributed by atoms with Gasteiger partial charge in [-0.1, -0.05) is 18.6 Å². The normalized spacial score (nSPS) is 25.9. The SMILES string of the molecule is O=C(OC1CCCCC1(O)COC(=O)C1(O)CCCCC1OC(=O)c1cccc(S(=O)(=O)O)c1)c1cccc(S(=O)(=O)O)c1. The molecule has 0 spiro atoms. The van der Waals surface area contributed by atoms with Gasteiger partial charge in [-0.3, -0.25) is 9.11 Å². The van der Waals surface area contributed by atoms with Crippen molar-refractivity contribution in [1.82, 2.24) is 0 Å². The fourth-order valence-corrected chi connectivity index (χ4v) is 6.37. The van der Waals surface area contributed by atoms with E-state index in [0.717, 1.165) is 24.3 Å². The average Bonchev–Trinajstić information content (AvgIpc) is 2.97. The zero-order valence-electron chi connectivity index (χ0n) is 23.3. The number of rotatable bonds is 9. The fraction of sp³-hybridized carbons (Fsp3) is 0.464. The Balaban J connectivity index is 1.45. The molecule has 0 aliphatic heterocycles. The van der Waals surface area contributed by atoms with E-state index in [1.54, 1.807) is 0 Å². The van der Waals surface area contributed by atoms with Gasteiger partial charge in [-0.15, -0.1) is 0 Å². The number of carbonyl (C=O) groups excluding carboxylic acids is 3. The van der Waals surface area contributed by atoms with Crippen molar-refractivity contribution >= 4 is 38.1 Å². The highest BCUT2D eigenvalue weighted by Gasteiger charge is 2.51. The lowest BCUT2D eigenvalue weighted by molar-refractivity contribution is -0.198. The third kappa shape index (κ3) is 7.62. The van der Waals surface area contributed by atoms with Gasteiger partial charge >= 0.3 is 17.9 Å². The number of hydrogen-bond donors (Lipinski definition) is 4. The summed E-state index contributed by atoms with van der Waals surface area (Å²) in [5.74, 6) is -3.22. The Kier molecular flexibility index (Phi) is 9.82. The molecule has 16 heteroatoms. The first-order valence-electron chi connectivity index (χ1n) is 13.7. The summed E-state index contributed by atoms with van der Waals surface area (Å²) in [7, 11) is -9.20. The predicted octanol–water partition coefficient (Wildman–Crippen LogP) is 2.08. The summed E-state index contributed by atoms with van der Waals surface area (Å²) in [6, 6.07) is 8.88. The molecule has 0 heterocycles. The summed E-state index contributed by atoms with van der Waals surface area (Å²) in [6.07, 6.45) is -0.461. The molecule has 2 aromatic rings. The zero-order chi connectivity index (χ0) is 32.3. The van der Waals surface area contributed by atoms with Crippen molar-refractivity contribution in [3.8, 4) is 0 Å². The number of benzene rings is 2. The minimum atomic E-state index is -4.61. The highest BCUT2D eigenvalue weighted by molar-refractivity contribution is 7.86. The van der Waals surface area contributed by atoms with Gasteiger partial charge in [0, 0.05) is 0 Å². The summed E-state index contributed by atoms with van der Waals surface area (Å²) in [5, 5.41) is 22.7. The van der Waals surface area contributed by atoms with E-state index in [1.807, 2.05) is 0 Å². The monoisotopic (exact) mass is 656 g/mol. The Labute approximate surface area is 253 Å². The predicted molar refractivity (Wildman–Crippen MR) is 149 cm³/mol. The lowest BCUT2D eigenvalue weighted by atomic mass is 9.81. The van der Waals surface area contributed by atoms with Crippen LogP contribution in [-0.4, -0.2) is 84.1 Å². The fourth-order valence-electron chi connectivity index (χ4n) is 5.32. The van der Waals surface area contributed by atoms with Crippen molar-refractivity contribution in [3.63, 3.8) is 0 Å². The molecule has 2 aliphatic rings. The Morgan fingerprint density at radius 1 is 0.727 bits per heavy atom. The second-order valence-electron chi connectivity index (χ2n) is 10.9. The molecule has 44 heavy (non-hydrogen) atoms. The van der Waals surface area contributed by atoms with Crippen LogP contribution in [0.1, 0.15) is 72.1 Å². The van der Waals surface area contributed by atoms with Gasteiger partial charge in [0.1, 0.15) is 24.4 Å². The van der Waals surface area contributed by atoms with E-state index in [9.17, 15) is 50.5 Å². The molecule has 0 amide bonds. The van der Waals surface area contributed by atoms with E-state index in [2.05, 4.69) is 0 Å². The van der Waals surface area contributed by atoms with Crippen LogP contribution < -0.4 is 0 Å². The van der Waals surface area contributed by atoms with Gasteiger partial charge in [-0.2, -0.15) is 16.8 Å². The molecule has 2 aromatic carbocycles. The van der Waals surface area contributed by atoms with Gasteiger partial charge < -0.3 is 24.4 Å². The Bertz CT molecular complexity index is 1640. The molecule has 0 radical (unpaired) electrons. The maximum atomic E-state index is 13.2. The molecule has 4 rings (SSSR count). The molecular formula is C28H32O14S2. The van der Waals surface area contributed by atoms with Crippen LogP contribution in [-0.2, 0) is 39.2 Å². The van der Waals surface area contributed by atoms with E-state index in [4.69, 9.17) is 14.2 Å². The van der Waals surface area contributed by atoms with Gasteiger partial charge in [0.05, 0.1) is 20.9 Å². The van der Waals surface area contributed by atoms with Crippen molar-refractivity contribution < 1.29 is 64.7 Å². The first-order chi connectivity index (χ1) is 20.5. The lowest BCUT2D eigenvalue weighted by Crippen LogP contribution is -2.56. The molecule has 0 aromatic heterocycles. The third-order valence-electron chi connectivity index (χ3n) is 7.77. The molecule has 14 nitrogen and oxygen atoms in total. The molecule has 2 aliphatic carbocycles. The Morgan fingerprint density at radius 3 is 1.73 bits per heavy atom. The van der Waals surface area contributed by atoms with Crippen molar-refractivity contribution in [1.29, 1.82) is 0 Å². The first kappa shape index (κ1) is 33.5. The number of hydrogen-bond acceptors (Lipinski definition) is 12. The number of esters is 3. The lowest BCUT2D eigenvalue weighted by Gasteiger charge is -2.40. The molecule has 4 N–H and O–H groups in total. The summed E-state index contributed by atoms with van der Waals surface area (Å²) < 4.78 is 80.5. The maximum absolute atomic E-state index is 13.2. The first-order valence-corrected chi connectivity index (χ1v) is 16.6. The van der Waals surface area contributed by atoms with Gasteiger partial charge in [0.15, 0.2) is 5.60 Å². The highest BCUT2D eigenvalue weighted by Crippen LogP contribution is 2.36. The summed E-state index contributed by atoms with van der Waals surface area (Å²) in [5.41, 5.74) is -4.61. The second kappa shape index (κ2) is 12.9. The largest absolute Gasteiger partial charge is 0.460 e. The summed E-state index contributed by atoms with van der Waals surface area (Å²) >= 11 is 0. The maximum Gasteiger partial charge on any atom is 0.342 e. The topological polar surface area (TPSA) is 228 Å². The molecule has 240 valence electrons. The minimum absolute atomic E-state index is 0.0598. The quantitative estimate of drug-likeness (QED) is 0.172. The minimum Gasteiger partial charge on any atom is -0.460 e. The average molecular weight is 657 g/mol. The van der Waals surface area contributed by atoms with Crippen LogP contribution in [0, 0.1) is 0 Å². The van der Waals surface area contributed by atoms with Crippen molar-refractivity contribution in [3.05, 3.63) is 59.7 Å². The number of carbonyl (C=O) groups is 3. The van der Waals surface area contributed by atoms with E-state index >= 15 is 0 Å². The number of aliphatic hydroxyl groups is 2. The van der Waals surface area contributed by atoms with E-state index in [0.29, 0.717) is 25.7 Å². The molecule has 0 bridgehead atoms. The van der Waals surface area contributed by atoms with Gasteiger partial charge in [0.25, 0.3) is 20.2 Å². The third-order valence-corrected chi connectivity index (χ3v) is 9.47. The smallest absolute Gasteiger partial charge is 0.342 e. The Morgan fingerprint density at radius 2 is 1.20 bits per heavy atom. The van der Waals surface area contributed by atoms with E-state index < -0.39 is 78.0 Å². The van der Waals surface area contributed by atoms with Gasteiger partial charge in [-0.25, -0.2) is 14.4 Å². The molecule has 4 atom stereocenters. The van der Waals surface area contributed by atoms with Gasteiger partial charge in [0.2, 0.25) is 0 Å². The van der Waals surface area contributed by atoms with E-state index in [-0.39, 0.29) is 36.8 Å². The van der Waals surface area contributed by atoms with Gasteiger partial charge in [-0.05, 0) is 81.3 Å². The molecule has 2 fully saturated rings. The van der Waals surface area contributed by atoms with Crippen LogP contribution in [0.5, 0.6) is 0 Å². The van der Waals surface area contributed by atoms with Crippen LogP contribution in [0.2, 0.25) is 0 Å². The second-order valence-corrected chi connectivity index (χ2v) is 13.7. The van der Waals surface area contributed by atoms with Crippen LogP contribution >= 0.6 is 0 Å².